The summed E-state index contributed by atoms with van der Waals surface area (Å²) in [7, 11) is 0. The molecular weight excluding hydrogens is 178 g/mol. The number of aryl methyl sites for hydroxylation is 1. The minimum absolute atomic E-state index is 0.0954. The summed E-state index contributed by atoms with van der Waals surface area (Å²) < 4.78 is 0. The van der Waals surface area contributed by atoms with Gasteiger partial charge in [-0.05, 0) is 18.6 Å². The second kappa shape index (κ2) is 3.75. The van der Waals surface area contributed by atoms with Crippen LogP contribution in [0.15, 0.2) is 18.3 Å². The molecule has 0 radical (unpaired) electrons. The summed E-state index contributed by atoms with van der Waals surface area (Å²) in [6, 6.07) is 3.85. The number of nitrogens with zero attached hydrogens (tertiary/aromatic N) is 2. The van der Waals surface area contributed by atoms with Crippen molar-refractivity contribution in [1.82, 2.24) is 10.3 Å². The van der Waals surface area contributed by atoms with Gasteiger partial charge in [0.1, 0.15) is 5.82 Å². The van der Waals surface area contributed by atoms with Crippen LogP contribution < -0.4 is 10.2 Å². The molecule has 1 amide bonds. The van der Waals surface area contributed by atoms with Crippen LogP contribution in [0.3, 0.4) is 0 Å². The first-order valence-corrected chi connectivity index (χ1v) is 4.72. The highest BCUT2D eigenvalue weighted by molar-refractivity contribution is 5.95. The Bertz CT molecular complexity index is 351. The number of carbonyl (C=O) groups excluding carboxylic acids is 1. The Morgan fingerprint density at radius 2 is 2.43 bits per heavy atom. The predicted octanol–water partition coefficient (Wildman–Crippen LogP) is 0.326. The summed E-state index contributed by atoms with van der Waals surface area (Å²) in [4.78, 5) is 17.5. The molecule has 1 aromatic rings. The topological polar surface area (TPSA) is 45.2 Å². The van der Waals surface area contributed by atoms with Gasteiger partial charge in [-0.1, -0.05) is 6.07 Å². The van der Waals surface area contributed by atoms with Crippen LogP contribution in [0.2, 0.25) is 0 Å². The molecular formula is C10H13N3O. The number of rotatable bonds is 1. The van der Waals surface area contributed by atoms with Gasteiger partial charge in [0.05, 0.1) is 6.54 Å². The molecule has 1 aliphatic heterocycles. The van der Waals surface area contributed by atoms with Crippen molar-refractivity contribution in [2.45, 2.75) is 6.92 Å². The molecule has 1 aliphatic rings. The van der Waals surface area contributed by atoms with Gasteiger partial charge in [0.25, 0.3) is 0 Å². The normalized spacial score (nSPS) is 17.2. The van der Waals surface area contributed by atoms with E-state index >= 15 is 0 Å². The zero-order valence-corrected chi connectivity index (χ0v) is 8.16. The third kappa shape index (κ3) is 1.61. The van der Waals surface area contributed by atoms with Crippen molar-refractivity contribution in [3.63, 3.8) is 0 Å². The Kier molecular flexibility index (Phi) is 2.45. The van der Waals surface area contributed by atoms with Gasteiger partial charge in [-0.25, -0.2) is 4.98 Å². The molecule has 4 heteroatoms. The summed E-state index contributed by atoms with van der Waals surface area (Å²) in [6.45, 7) is 3.92. The predicted molar refractivity (Wildman–Crippen MR) is 54.2 cm³/mol. The van der Waals surface area contributed by atoms with Crippen LogP contribution in [0.25, 0.3) is 0 Å². The van der Waals surface area contributed by atoms with E-state index in [9.17, 15) is 4.79 Å². The molecule has 0 unspecified atom stereocenters. The highest BCUT2D eigenvalue weighted by Crippen LogP contribution is 2.16. The minimum Gasteiger partial charge on any atom is -0.307 e. The number of nitrogens with one attached hydrogen (secondary N) is 1. The van der Waals surface area contributed by atoms with Gasteiger partial charge in [0.2, 0.25) is 5.91 Å². The number of anilines is 1. The van der Waals surface area contributed by atoms with Gasteiger partial charge in [-0.15, -0.1) is 0 Å². The molecule has 1 fully saturated rings. The Hall–Kier alpha value is -1.42. The lowest BCUT2D eigenvalue weighted by Gasteiger charge is -2.27. The van der Waals surface area contributed by atoms with Gasteiger partial charge < -0.3 is 5.32 Å². The highest BCUT2D eigenvalue weighted by Gasteiger charge is 2.21. The lowest BCUT2D eigenvalue weighted by molar-refractivity contribution is -0.118. The van der Waals surface area contributed by atoms with E-state index in [0.717, 1.165) is 17.9 Å². The van der Waals surface area contributed by atoms with Crippen molar-refractivity contribution < 1.29 is 4.79 Å². The molecule has 14 heavy (non-hydrogen) atoms. The summed E-state index contributed by atoms with van der Waals surface area (Å²) in [6.07, 6.45) is 1.72. The van der Waals surface area contributed by atoms with Crippen molar-refractivity contribution >= 4 is 11.7 Å². The van der Waals surface area contributed by atoms with E-state index in [1.807, 2.05) is 19.1 Å². The van der Waals surface area contributed by atoms with Gasteiger partial charge >= 0.3 is 0 Å². The maximum absolute atomic E-state index is 11.6. The smallest absolute Gasteiger partial charge is 0.242 e. The molecule has 1 N–H and O–H groups in total. The average molecular weight is 191 g/mol. The van der Waals surface area contributed by atoms with Crippen molar-refractivity contribution in [1.29, 1.82) is 0 Å². The average Bonchev–Trinajstić information content (AvgIpc) is 2.20. The molecule has 0 bridgehead atoms. The van der Waals surface area contributed by atoms with Crippen molar-refractivity contribution in [2.24, 2.45) is 0 Å². The van der Waals surface area contributed by atoms with Gasteiger partial charge in [0.15, 0.2) is 0 Å². The van der Waals surface area contributed by atoms with E-state index in [1.165, 1.54) is 0 Å². The van der Waals surface area contributed by atoms with Gasteiger partial charge in [0, 0.05) is 19.3 Å². The molecule has 0 aromatic carbocycles. The number of pyridine rings is 1. The molecule has 2 heterocycles. The van der Waals surface area contributed by atoms with Crippen LogP contribution in [-0.2, 0) is 4.79 Å². The van der Waals surface area contributed by atoms with Crippen LogP contribution in [0.1, 0.15) is 5.56 Å². The molecule has 2 rings (SSSR count). The number of carbonyl (C=O) groups is 1. The SMILES string of the molecule is Cc1cccnc1N1CCNCC1=O. The molecule has 4 nitrogen and oxygen atoms in total. The third-order valence-electron chi connectivity index (χ3n) is 2.33. The number of aromatic nitrogens is 1. The van der Waals surface area contributed by atoms with Gasteiger partial charge in [-0.2, -0.15) is 0 Å². The van der Waals surface area contributed by atoms with E-state index in [2.05, 4.69) is 10.3 Å². The van der Waals surface area contributed by atoms with Crippen molar-refractivity contribution in [2.75, 3.05) is 24.5 Å². The largest absolute Gasteiger partial charge is 0.307 e. The van der Waals surface area contributed by atoms with Crippen LogP contribution in [0.5, 0.6) is 0 Å². The van der Waals surface area contributed by atoms with Crippen LogP contribution in [0.4, 0.5) is 5.82 Å². The lowest BCUT2D eigenvalue weighted by Crippen LogP contribution is -2.48. The zero-order chi connectivity index (χ0) is 9.97. The van der Waals surface area contributed by atoms with E-state index in [1.54, 1.807) is 11.1 Å². The zero-order valence-electron chi connectivity index (χ0n) is 8.16. The second-order valence-corrected chi connectivity index (χ2v) is 3.37. The van der Waals surface area contributed by atoms with E-state index in [-0.39, 0.29) is 5.91 Å². The number of hydrogen-bond acceptors (Lipinski definition) is 3. The first kappa shape index (κ1) is 9.15. The molecule has 1 aromatic heterocycles. The highest BCUT2D eigenvalue weighted by atomic mass is 16.2. The summed E-state index contributed by atoms with van der Waals surface area (Å²) in [5.74, 6) is 0.886. The number of hydrogen-bond donors (Lipinski definition) is 1. The molecule has 0 spiro atoms. The monoisotopic (exact) mass is 191 g/mol. The Morgan fingerprint density at radius 3 is 3.14 bits per heavy atom. The molecule has 0 aliphatic carbocycles. The fraction of sp³-hybridized carbons (Fsp3) is 0.400. The molecule has 0 saturated carbocycles. The van der Waals surface area contributed by atoms with Crippen molar-refractivity contribution in [3.8, 4) is 0 Å². The quantitative estimate of drug-likeness (QED) is 0.695. The van der Waals surface area contributed by atoms with Crippen LogP contribution in [0, 0.1) is 6.92 Å². The Morgan fingerprint density at radius 1 is 1.57 bits per heavy atom. The van der Waals surface area contributed by atoms with Crippen LogP contribution in [-0.4, -0.2) is 30.5 Å². The van der Waals surface area contributed by atoms with E-state index in [4.69, 9.17) is 0 Å². The summed E-state index contributed by atoms with van der Waals surface area (Å²) in [5, 5.41) is 3.03. The standard InChI is InChI=1S/C10H13N3O/c1-8-3-2-4-12-10(8)13-6-5-11-7-9(13)14/h2-4,11H,5-7H2,1H3. The van der Waals surface area contributed by atoms with E-state index < -0.39 is 0 Å². The lowest BCUT2D eigenvalue weighted by atomic mass is 10.2. The minimum atomic E-state index is 0.0954. The van der Waals surface area contributed by atoms with Gasteiger partial charge in [-0.3, -0.25) is 9.69 Å². The first-order chi connectivity index (χ1) is 6.79. The Balaban J connectivity index is 2.29. The third-order valence-corrected chi connectivity index (χ3v) is 2.33. The summed E-state index contributed by atoms with van der Waals surface area (Å²) >= 11 is 0. The molecule has 0 atom stereocenters. The Labute approximate surface area is 82.9 Å². The maximum Gasteiger partial charge on any atom is 0.242 e. The fourth-order valence-corrected chi connectivity index (χ4v) is 1.59. The van der Waals surface area contributed by atoms with Crippen LogP contribution >= 0.6 is 0 Å². The van der Waals surface area contributed by atoms with Crippen molar-refractivity contribution in [3.05, 3.63) is 23.9 Å². The second-order valence-electron chi connectivity index (χ2n) is 3.37. The maximum atomic E-state index is 11.6. The molecule has 1 saturated heterocycles. The van der Waals surface area contributed by atoms with E-state index in [0.29, 0.717) is 13.1 Å². The number of piperazine rings is 1. The molecule has 74 valence electrons. The first-order valence-electron chi connectivity index (χ1n) is 4.72. The summed E-state index contributed by atoms with van der Waals surface area (Å²) in [5.41, 5.74) is 1.04. The fourth-order valence-electron chi connectivity index (χ4n) is 1.59. The number of amides is 1.